The van der Waals surface area contributed by atoms with Gasteiger partial charge in [-0.25, -0.2) is 10.2 Å². The molecule has 0 saturated carbocycles. The molecule has 0 radical (unpaired) electrons. The molecule has 0 fully saturated rings. The maximum Gasteiger partial charge on any atom is 0.329 e. The summed E-state index contributed by atoms with van der Waals surface area (Å²) in [4.78, 5) is 31.5. The van der Waals surface area contributed by atoms with Crippen molar-refractivity contribution in [2.75, 3.05) is 12.5 Å². The van der Waals surface area contributed by atoms with Crippen molar-refractivity contribution >= 4 is 39.3 Å². The van der Waals surface area contributed by atoms with E-state index in [-0.39, 0.29) is 11.2 Å². The number of hydrogen-bond acceptors (Lipinski definition) is 6. The van der Waals surface area contributed by atoms with Crippen molar-refractivity contribution in [3.05, 3.63) is 84.5 Å². The normalized spacial score (nSPS) is 11.4. The van der Waals surface area contributed by atoms with Crippen molar-refractivity contribution in [3.8, 4) is 5.75 Å². The molecule has 2 aromatic carbocycles. The molecule has 164 valence electrons. The van der Waals surface area contributed by atoms with Gasteiger partial charge in [0.1, 0.15) is 5.75 Å². The molecule has 0 spiro atoms. The summed E-state index contributed by atoms with van der Waals surface area (Å²) in [5, 5.41) is 4.30. The Morgan fingerprint density at radius 1 is 1.25 bits per heavy atom. The van der Waals surface area contributed by atoms with Crippen LogP contribution in [0.5, 0.6) is 5.75 Å². The molecule has 0 aliphatic carbocycles. The maximum atomic E-state index is 12.6. The van der Waals surface area contributed by atoms with Crippen LogP contribution < -0.4 is 21.4 Å². The number of hydrazone groups is 1. The standard InChI is InChI=1S/C22H21BrN6O3/c1-13-5-4-6-14(9-13)12-29-18-19(28(2)22(31)26-20(18)30)25-21(29)27-24-11-15-10-16(23)7-8-17(15)32-3/h4-11H,12H2,1-3H3,(H,25,27)(H,26,30,31)/b24-11+. The molecule has 0 aliphatic heterocycles. The van der Waals surface area contributed by atoms with Gasteiger partial charge in [0.25, 0.3) is 5.56 Å². The molecular weight excluding hydrogens is 476 g/mol. The predicted octanol–water partition coefficient (Wildman–Crippen LogP) is 3.00. The van der Waals surface area contributed by atoms with Crippen LogP contribution in [0.4, 0.5) is 5.95 Å². The number of ether oxygens (including phenoxy) is 1. The number of imidazole rings is 1. The topological polar surface area (TPSA) is 106 Å². The molecule has 2 aromatic heterocycles. The Morgan fingerprint density at radius 3 is 2.81 bits per heavy atom. The second kappa shape index (κ2) is 8.83. The summed E-state index contributed by atoms with van der Waals surface area (Å²) < 4.78 is 9.26. The van der Waals surface area contributed by atoms with E-state index in [2.05, 4.69) is 36.4 Å². The molecule has 0 bridgehead atoms. The van der Waals surface area contributed by atoms with Crippen molar-refractivity contribution in [1.82, 2.24) is 19.1 Å². The highest BCUT2D eigenvalue weighted by molar-refractivity contribution is 9.10. The summed E-state index contributed by atoms with van der Waals surface area (Å²) >= 11 is 3.44. The third-order valence-electron chi connectivity index (χ3n) is 4.99. The number of fused-ring (bicyclic) bond motifs is 1. The van der Waals surface area contributed by atoms with Gasteiger partial charge < -0.3 is 4.74 Å². The fourth-order valence-corrected chi connectivity index (χ4v) is 3.81. The Morgan fingerprint density at radius 2 is 2.06 bits per heavy atom. The number of H-pyrrole nitrogens is 1. The van der Waals surface area contributed by atoms with Crippen LogP contribution in [0.2, 0.25) is 0 Å². The molecule has 0 aliphatic rings. The predicted molar refractivity (Wildman–Crippen MR) is 128 cm³/mol. The van der Waals surface area contributed by atoms with E-state index in [1.807, 2.05) is 49.4 Å². The van der Waals surface area contributed by atoms with Crippen molar-refractivity contribution in [3.63, 3.8) is 0 Å². The van der Waals surface area contributed by atoms with E-state index >= 15 is 0 Å². The molecule has 2 N–H and O–H groups in total. The fourth-order valence-electron chi connectivity index (χ4n) is 3.43. The lowest BCUT2D eigenvalue weighted by Crippen LogP contribution is -2.29. The maximum absolute atomic E-state index is 12.6. The lowest BCUT2D eigenvalue weighted by molar-refractivity contribution is 0.414. The van der Waals surface area contributed by atoms with Crippen LogP contribution in [0.1, 0.15) is 16.7 Å². The van der Waals surface area contributed by atoms with Gasteiger partial charge >= 0.3 is 5.69 Å². The van der Waals surface area contributed by atoms with Crippen LogP contribution >= 0.6 is 15.9 Å². The van der Waals surface area contributed by atoms with Crippen LogP contribution in [-0.4, -0.2) is 32.4 Å². The molecule has 0 unspecified atom stereocenters. The number of methoxy groups -OCH3 is 1. The van der Waals surface area contributed by atoms with Crippen LogP contribution in [-0.2, 0) is 13.6 Å². The van der Waals surface area contributed by atoms with Crippen LogP contribution in [0, 0.1) is 6.92 Å². The number of nitrogens with zero attached hydrogens (tertiary/aromatic N) is 4. The lowest BCUT2D eigenvalue weighted by atomic mass is 10.1. The number of benzene rings is 2. The van der Waals surface area contributed by atoms with Crippen LogP contribution in [0.3, 0.4) is 0 Å². The van der Waals surface area contributed by atoms with Crippen molar-refractivity contribution in [2.24, 2.45) is 12.1 Å². The number of rotatable bonds is 6. The van der Waals surface area contributed by atoms with Crippen molar-refractivity contribution in [2.45, 2.75) is 13.5 Å². The summed E-state index contributed by atoms with van der Waals surface area (Å²) in [7, 11) is 3.14. The summed E-state index contributed by atoms with van der Waals surface area (Å²) in [5.41, 5.74) is 5.26. The van der Waals surface area contributed by atoms with Gasteiger partial charge in [0, 0.05) is 17.1 Å². The lowest BCUT2D eigenvalue weighted by Gasteiger charge is -2.09. The van der Waals surface area contributed by atoms with E-state index in [1.165, 1.54) is 4.57 Å². The first-order valence-corrected chi connectivity index (χ1v) is 10.5. The molecule has 9 nitrogen and oxygen atoms in total. The first-order valence-electron chi connectivity index (χ1n) is 9.75. The Balaban J connectivity index is 1.79. The van der Waals surface area contributed by atoms with E-state index in [4.69, 9.17) is 4.74 Å². The second-order valence-electron chi connectivity index (χ2n) is 7.26. The van der Waals surface area contributed by atoms with E-state index in [1.54, 1.807) is 24.9 Å². The Bertz CT molecular complexity index is 1450. The fraction of sp³-hybridized carbons (Fsp3) is 0.182. The third-order valence-corrected chi connectivity index (χ3v) is 5.48. The minimum Gasteiger partial charge on any atom is -0.496 e. The molecule has 10 heteroatoms. The SMILES string of the molecule is COc1ccc(Br)cc1/C=N/Nc1nc2c(c(=O)[nH]c(=O)n2C)n1Cc1cccc(C)c1. The van der Waals surface area contributed by atoms with Gasteiger partial charge in [-0.1, -0.05) is 45.8 Å². The van der Waals surface area contributed by atoms with Crippen LogP contribution in [0.25, 0.3) is 11.2 Å². The summed E-state index contributed by atoms with van der Waals surface area (Å²) in [6, 6.07) is 13.5. The molecule has 0 saturated heterocycles. The zero-order valence-electron chi connectivity index (χ0n) is 17.7. The highest BCUT2D eigenvalue weighted by atomic mass is 79.9. The molecule has 4 aromatic rings. The molecule has 0 amide bonds. The number of aryl methyl sites for hydroxylation is 2. The average Bonchev–Trinajstić information content (AvgIpc) is 3.11. The van der Waals surface area contributed by atoms with Gasteiger partial charge in [-0.05, 0) is 30.7 Å². The van der Waals surface area contributed by atoms with Gasteiger partial charge in [-0.3, -0.25) is 18.9 Å². The van der Waals surface area contributed by atoms with Crippen molar-refractivity contribution in [1.29, 1.82) is 0 Å². The Labute approximate surface area is 191 Å². The number of halogens is 1. The minimum absolute atomic E-state index is 0.268. The first kappa shape index (κ1) is 21.6. The van der Waals surface area contributed by atoms with Crippen LogP contribution in [0.15, 0.2) is 61.6 Å². The van der Waals surface area contributed by atoms with E-state index in [9.17, 15) is 9.59 Å². The summed E-state index contributed by atoms with van der Waals surface area (Å²) in [6.07, 6.45) is 1.60. The van der Waals surface area contributed by atoms with Crippen molar-refractivity contribution < 1.29 is 4.74 Å². The quantitative estimate of drug-likeness (QED) is 0.315. The summed E-state index contributed by atoms with van der Waals surface area (Å²) in [6.45, 7) is 2.37. The molecule has 4 rings (SSSR count). The zero-order chi connectivity index (χ0) is 22.8. The molecule has 0 atom stereocenters. The monoisotopic (exact) mass is 496 g/mol. The highest BCUT2D eigenvalue weighted by Crippen LogP contribution is 2.22. The minimum atomic E-state index is -0.531. The number of nitrogens with one attached hydrogen (secondary N) is 2. The number of aromatic nitrogens is 4. The first-order chi connectivity index (χ1) is 15.4. The number of anilines is 1. The van der Waals surface area contributed by atoms with Gasteiger partial charge in [-0.2, -0.15) is 10.1 Å². The number of hydrogen-bond donors (Lipinski definition) is 2. The second-order valence-corrected chi connectivity index (χ2v) is 8.17. The van der Waals surface area contributed by atoms with E-state index in [0.717, 1.165) is 21.2 Å². The molecule has 32 heavy (non-hydrogen) atoms. The Hall–Kier alpha value is -3.66. The Kier molecular flexibility index (Phi) is 5.95. The van der Waals surface area contributed by atoms with Gasteiger partial charge in [-0.15, -0.1) is 0 Å². The van der Waals surface area contributed by atoms with E-state index in [0.29, 0.717) is 18.2 Å². The largest absolute Gasteiger partial charge is 0.496 e. The van der Waals surface area contributed by atoms with Gasteiger partial charge in [0.05, 0.1) is 19.9 Å². The zero-order valence-corrected chi connectivity index (χ0v) is 19.3. The average molecular weight is 497 g/mol. The van der Waals surface area contributed by atoms with E-state index < -0.39 is 11.2 Å². The number of aromatic amines is 1. The summed E-state index contributed by atoms with van der Waals surface area (Å²) in [5.74, 6) is 0.990. The highest BCUT2D eigenvalue weighted by Gasteiger charge is 2.17. The molecular formula is C22H21BrN6O3. The third kappa shape index (κ3) is 4.22. The van der Waals surface area contributed by atoms with Gasteiger partial charge in [0.2, 0.25) is 5.95 Å². The molecule has 2 heterocycles. The smallest absolute Gasteiger partial charge is 0.329 e. The van der Waals surface area contributed by atoms with Gasteiger partial charge in [0.15, 0.2) is 11.2 Å².